The Morgan fingerprint density at radius 3 is 2.69 bits per heavy atom. The Labute approximate surface area is 78.7 Å². The Morgan fingerprint density at radius 2 is 2.15 bits per heavy atom. The number of benzene rings is 1. The molecule has 0 fully saturated rings. The summed E-state index contributed by atoms with van der Waals surface area (Å²) in [6.07, 6.45) is 0. The third-order valence-electron chi connectivity index (χ3n) is 1.96. The summed E-state index contributed by atoms with van der Waals surface area (Å²) in [5, 5.41) is 3.09. The van der Waals surface area contributed by atoms with Crippen molar-refractivity contribution in [1.82, 2.24) is 0 Å². The minimum absolute atomic E-state index is 0.560. The lowest BCUT2D eigenvalue weighted by molar-refractivity contribution is 1.36. The van der Waals surface area contributed by atoms with Crippen molar-refractivity contribution in [1.29, 1.82) is 0 Å². The van der Waals surface area contributed by atoms with Crippen molar-refractivity contribution in [3.63, 3.8) is 0 Å². The molecule has 0 heterocycles. The molecule has 0 atom stereocenters. The maximum Gasteiger partial charge on any atom is 0.127 e. The lowest BCUT2D eigenvalue weighted by Gasteiger charge is -2.08. The first-order valence-electron chi connectivity index (χ1n) is 4.20. The Bertz CT molecular complexity index is 329. The number of aryl methyl sites for hydroxylation is 1. The number of aliphatic imine (C=N–C) groups is 1. The average Bonchev–Trinajstić information content (AvgIpc) is 2.16. The number of amidine groups is 1. The van der Waals surface area contributed by atoms with Crippen LogP contribution in [-0.4, -0.2) is 19.9 Å². The van der Waals surface area contributed by atoms with E-state index in [-0.39, 0.29) is 0 Å². The zero-order valence-electron chi connectivity index (χ0n) is 8.26. The molecule has 0 aromatic heterocycles. The maximum atomic E-state index is 5.73. The molecular weight excluding hydrogens is 162 g/mol. The van der Waals surface area contributed by atoms with Crippen LogP contribution in [0.4, 0.5) is 5.69 Å². The highest BCUT2D eigenvalue weighted by atomic mass is 14.9. The van der Waals surface area contributed by atoms with Gasteiger partial charge in [0.15, 0.2) is 0 Å². The van der Waals surface area contributed by atoms with Gasteiger partial charge >= 0.3 is 0 Å². The van der Waals surface area contributed by atoms with Crippen molar-refractivity contribution >= 4 is 11.5 Å². The Balaban J connectivity index is 3.21. The molecule has 0 saturated carbocycles. The molecule has 0 aliphatic heterocycles. The molecule has 0 bridgehead atoms. The van der Waals surface area contributed by atoms with Crippen molar-refractivity contribution in [2.24, 2.45) is 10.7 Å². The molecule has 1 rings (SSSR count). The number of hydrogen-bond acceptors (Lipinski definition) is 2. The zero-order valence-corrected chi connectivity index (χ0v) is 8.26. The van der Waals surface area contributed by atoms with Crippen LogP contribution < -0.4 is 11.1 Å². The van der Waals surface area contributed by atoms with Crippen LogP contribution in [0.1, 0.15) is 11.1 Å². The summed E-state index contributed by atoms with van der Waals surface area (Å²) in [6.45, 7) is 2.05. The fraction of sp³-hybridized carbons (Fsp3) is 0.300. The van der Waals surface area contributed by atoms with E-state index in [0.717, 1.165) is 11.3 Å². The van der Waals surface area contributed by atoms with Crippen molar-refractivity contribution in [2.45, 2.75) is 6.92 Å². The topological polar surface area (TPSA) is 50.4 Å². The van der Waals surface area contributed by atoms with E-state index in [4.69, 9.17) is 5.73 Å². The van der Waals surface area contributed by atoms with E-state index < -0.39 is 0 Å². The van der Waals surface area contributed by atoms with Gasteiger partial charge in [0.2, 0.25) is 0 Å². The van der Waals surface area contributed by atoms with Gasteiger partial charge < -0.3 is 11.1 Å². The van der Waals surface area contributed by atoms with E-state index in [1.165, 1.54) is 5.56 Å². The van der Waals surface area contributed by atoms with Gasteiger partial charge in [-0.15, -0.1) is 0 Å². The molecule has 0 aliphatic carbocycles. The predicted octanol–water partition coefficient (Wildman–Crippen LogP) is 1.37. The fourth-order valence-electron chi connectivity index (χ4n) is 1.21. The largest absolute Gasteiger partial charge is 0.388 e. The lowest BCUT2D eigenvalue weighted by Crippen LogP contribution is -2.15. The van der Waals surface area contributed by atoms with Gasteiger partial charge in [-0.2, -0.15) is 0 Å². The van der Waals surface area contributed by atoms with Crippen LogP contribution in [0.15, 0.2) is 23.2 Å². The molecular formula is C10H15N3. The normalized spacial score (nSPS) is 11.5. The van der Waals surface area contributed by atoms with Gasteiger partial charge in [-0.05, 0) is 24.6 Å². The second-order valence-electron chi connectivity index (χ2n) is 2.91. The third-order valence-corrected chi connectivity index (χ3v) is 1.96. The van der Waals surface area contributed by atoms with Gasteiger partial charge in [-0.1, -0.05) is 6.07 Å². The summed E-state index contributed by atoms with van der Waals surface area (Å²) < 4.78 is 0. The van der Waals surface area contributed by atoms with E-state index in [1.54, 1.807) is 7.05 Å². The first-order chi connectivity index (χ1) is 6.19. The van der Waals surface area contributed by atoms with E-state index >= 15 is 0 Å². The van der Waals surface area contributed by atoms with Crippen molar-refractivity contribution in [3.8, 4) is 0 Å². The van der Waals surface area contributed by atoms with Crippen LogP contribution in [0.3, 0.4) is 0 Å². The number of anilines is 1. The van der Waals surface area contributed by atoms with E-state index in [0.29, 0.717) is 5.84 Å². The number of rotatable bonds is 2. The smallest absolute Gasteiger partial charge is 0.127 e. The summed E-state index contributed by atoms with van der Waals surface area (Å²) in [6, 6.07) is 6.05. The molecule has 0 unspecified atom stereocenters. The number of hydrogen-bond donors (Lipinski definition) is 2. The number of nitrogens with two attached hydrogens (primary N) is 1. The summed E-state index contributed by atoms with van der Waals surface area (Å²) in [5.74, 6) is 0.560. The minimum atomic E-state index is 0.560. The molecule has 0 radical (unpaired) electrons. The monoisotopic (exact) mass is 177 g/mol. The van der Waals surface area contributed by atoms with Crippen molar-refractivity contribution in [3.05, 3.63) is 29.3 Å². The van der Waals surface area contributed by atoms with Gasteiger partial charge in [-0.3, -0.25) is 4.99 Å². The van der Waals surface area contributed by atoms with Crippen LogP contribution in [0.5, 0.6) is 0 Å². The highest BCUT2D eigenvalue weighted by Crippen LogP contribution is 2.16. The molecule has 3 heteroatoms. The van der Waals surface area contributed by atoms with Crippen LogP contribution in [0.2, 0.25) is 0 Å². The van der Waals surface area contributed by atoms with Gasteiger partial charge in [0.25, 0.3) is 0 Å². The standard InChI is InChI=1S/C10H15N3/c1-7-4-5-8(10(11)13-3)9(6-7)12-2/h4-6,12H,1-3H3,(H2,11,13). The molecule has 0 spiro atoms. The van der Waals surface area contributed by atoms with Gasteiger partial charge in [0, 0.05) is 25.3 Å². The number of nitrogens with one attached hydrogen (secondary N) is 1. The highest BCUT2D eigenvalue weighted by molar-refractivity contribution is 6.02. The third kappa shape index (κ3) is 1.99. The van der Waals surface area contributed by atoms with Crippen molar-refractivity contribution < 1.29 is 0 Å². The first-order valence-corrected chi connectivity index (χ1v) is 4.20. The fourth-order valence-corrected chi connectivity index (χ4v) is 1.21. The predicted molar refractivity (Wildman–Crippen MR) is 57.4 cm³/mol. The molecule has 70 valence electrons. The molecule has 1 aromatic carbocycles. The van der Waals surface area contributed by atoms with Gasteiger partial charge in [0.1, 0.15) is 5.84 Å². The SMILES string of the molecule is C/N=C(/N)c1ccc(C)cc1NC. The van der Waals surface area contributed by atoms with Crippen LogP contribution >= 0.6 is 0 Å². The second-order valence-corrected chi connectivity index (χ2v) is 2.91. The summed E-state index contributed by atoms with van der Waals surface area (Å²) >= 11 is 0. The molecule has 3 nitrogen and oxygen atoms in total. The average molecular weight is 177 g/mol. The quantitative estimate of drug-likeness (QED) is 0.529. The first kappa shape index (κ1) is 9.58. The van der Waals surface area contributed by atoms with Gasteiger partial charge in [0.05, 0.1) is 0 Å². The molecule has 0 aliphatic rings. The summed E-state index contributed by atoms with van der Waals surface area (Å²) in [5.41, 5.74) is 8.91. The van der Waals surface area contributed by atoms with Crippen LogP contribution in [0.25, 0.3) is 0 Å². The van der Waals surface area contributed by atoms with Crippen LogP contribution in [-0.2, 0) is 0 Å². The minimum Gasteiger partial charge on any atom is -0.388 e. The molecule has 0 saturated heterocycles. The van der Waals surface area contributed by atoms with Crippen molar-refractivity contribution in [2.75, 3.05) is 19.4 Å². The van der Waals surface area contributed by atoms with Crippen LogP contribution in [0, 0.1) is 6.92 Å². The highest BCUT2D eigenvalue weighted by Gasteiger charge is 2.03. The van der Waals surface area contributed by atoms with E-state index in [9.17, 15) is 0 Å². The van der Waals surface area contributed by atoms with E-state index in [2.05, 4.69) is 10.3 Å². The Hall–Kier alpha value is -1.51. The molecule has 1 aromatic rings. The van der Waals surface area contributed by atoms with Gasteiger partial charge in [-0.25, -0.2) is 0 Å². The number of nitrogens with zero attached hydrogens (tertiary/aromatic N) is 1. The summed E-state index contributed by atoms with van der Waals surface area (Å²) in [7, 11) is 3.57. The lowest BCUT2D eigenvalue weighted by atomic mass is 10.1. The Morgan fingerprint density at radius 1 is 1.46 bits per heavy atom. The molecule has 3 N–H and O–H groups in total. The molecule has 13 heavy (non-hydrogen) atoms. The second kappa shape index (κ2) is 3.94. The molecule has 0 amide bonds. The maximum absolute atomic E-state index is 5.73. The van der Waals surface area contributed by atoms with E-state index in [1.807, 2.05) is 32.2 Å². The zero-order chi connectivity index (χ0) is 9.84. The Kier molecular flexibility index (Phi) is 2.90. The summed E-state index contributed by atoms with van der Waals surface area (Å²) in [4.78, 5) is 3.95.